The molecule has 0 aromatic heterocycles. The summed E-state index contributed by atoms with van der Waals surface area (Å²) in [6.45, 7) is 0. The maximum atomic E-state index is 12.9. The van der Waals surface area contributed by atoms with Crippen molar-refractivity contribution in [1.29, 1.82) is 0 Å². The Morgan fingerprint density at radius 1 is 1.10 bits per heavy atom. The number of rotatable bonds is 5. The average molecular weight is 399 g/mol. The second kappa shape index (κ2) is 7.40. The van der Waals surface area contributed by atoms with Crippen molar-refractivity contribution >= 4 is 11.9 Å². The van der Waals surface area contributed by atoms with Crippen molar-refractivity contribution in [3.8, 4) is 0 Å². The van der Waals surface area contributed by atoms with Crippen molar-refractivity contribution in [3.63, 3.8) is 0 Å². The standard InChI is InChI=1S/C23H29NO5/c1-24-17-11-13(12-18(24)21-20(17)29-21)15-9-5-6-10-16(15)19(22(25)26)23(27)28-14-7-3-2-4-8-14/h5-6,9-10,13-14,17-21H,2-4,7-8,11-12H2,1H3,(H,25,26). The molecule has 1 N–H and O–H groups in total. The molecular weight excluding hydrogens is 370 g/mol. The van der Waals surface area contributed by atoms with Crippen LogP contribution in [0.5, 0.6) is 0 Å². The van der Waals surface area contributed by atoms with Gasteiger partial charge in [0.15, 0.2) is 5.92 Å². The number of fused-ring (bicyclic) bond motifs is 5. The van der Waals surface area contributed by atoms with Crippen LogP contribution in [0.2, 0.25) is 0 Å². The zero-order valence-corrected chi connectivity index (χ0v) is 16.8. The number of carbonyl (C=O) groups excluding carboxylic acids is 1. The van der Waals surface area contributed by atoms with E-state index < -0.39 is 17.9 Å². The predicted octanol–water partition coefficient (Wildman–Crippen LogP) is 3.06. The summed E-state index contributed by atoms with van der Waals surface area (Å²) in [6.07, 6.45) is 7.29. The monoisotopic (exact) mass is 399 g/mol. The first kappa shape index (κ1) is 19.1. The highest BCUT2D eigenvalue weighted by Gasteiger charge is 2.62. The molecule has 6 heteroatoms. The highest BCUT2D eigenvalue weighted by atomic mass is 16.6. The maximum Gasteiger partial charge on any atom is 0.325 e. The molecule has 4 aliphatic rings. The van der Waals surface area contributed by atoms with Crippen LogP contribution >= 0.6 is 0 Å². The van der Waals surface area contributed by atoms with Gasteiger partial charge in [-0.25, -0.2) is 0 Å². The Labute approximate surface area is 171 Å². The van der Waals surface area contributed by atoms with Gasteiger partial charge in [-0.15, -0.1) is 0 Å². The first-order valence-electron chi connectivity index (χ1n) is 10.9. The van der Waals surface area contributed by atoms with E-state index in [-0.39, 0.29) is 12.0 Å². The highest BCUT2D eigenvalue weighted by molar-refractivity contribution is 6.00. The van der Waals surface area contributed by atoms with Crippen LogP contribution in [-0.4, -0.2) is 59.4 Å². The minimum absolute atomic E-state index is 0.145. The second-order valence-corrected chi connectivity index (χ2v) is 9.13. The number of nitrogens with zero attached hydrogens (tertiary/aromatic N) is 1. The molecule has 156 valence electrons. The third-order valence-corrected chi connectivity index (χ3v) is 7.48. The van der Waals surface area contributed by atoms with Gasteiger partial charge >= 0.3 is 11.9 Å². The van der Waals surface area contributed by atoms with Gasteiger partial charge < -0.3 is 14.6 Å². The number of esters is 1. The van der Waals surface area contributed by atoms with Crippen LogP contribution in [-0.2, 0) is 19.1 Å². The van der Waals surface area contributed by atoms with E-state index in [9.17, 15) is 14.7 Å². The smallest absolute Gasteiger partial charge is 0.325 e. The first-order chi connectivity index (χ1) is 14.0. The molecule has 4 fully saturated rings. The molecule has 29 heavy (non-hydrogen) atoms. The second-order valence-electron chi connectivity index (χ2n) is 9.13. The molecule has 3 saturated heterocycles. The van der Waals surface area contributed by atoms with Crippen molar-refractivity contribution in [3.05, 3.63) is 35.4 Å². The fourth-order valence-corrected chi connectivity index (χ4v) is 5.92. The summed E-state index contributed by atoms with van der Waals surface area (Å²) in [5, 5.41) is 9.93. The molecule has 6 nitrogen and oxygen atoms in total. The number of likely N-dealkylation sites (N-methyl/N-ethyl adjacent to an activating group) is 1. The van der Waals surface area contributed by atoms with E-state index in [0.29, 0.717) is 29.9 Å². The minimum atomic E-state index is -1.25. The average Bonchev–Trinajstić information content (AvgIpc) is 3.46. The Balaban J connectivity index is 1.39. The van der Waals surface area contributed by atoms with E-state index in [4.69, 9.17) is 9.47 Å². The van der Waals surface area contributed by atoms with Gasteiger partial charge in [-0.2, -0.15) is 0 Å². The van der Waals surface area contributed by atoms with Gasteiger partial charge in [0, 0.05) is 12.1 Å². The summed E-state index contributed by atoms with van der Waals surface area (Å²) in [4.78, 5) is 27.5. The molecule has 2 bridgehead atoms. The SMILES string of the molecule is CN1C2CC(c3ccccc3C(C(=O)O)C(=O)OC3CCCCC3)CC1C1OC12. The maximum absolute atomic E-state index is 12.9. The normalized spacial score (nSPS) is 35.0. The Kier molecular flexibility index (Phi) is 4.87. The largest absolute Gasteiger partial charge is 0.480 e. The molecule has 3 aliphatic heterocycles. The molecule has 0 radical (unpaired) electrons. The van der Waals surface area contributed by atoms with Gasteiger partial charge in [0.1, 0.15) is 18.3 Å². The van der Waals surface area contributed by atoms with Gasteiger partial charge in [0.05, 0.1) is 0 Å². The zero-order chi connectivity index (χ0) is 20.1. The fraction of sp³-hybridized carbons (Fsp3) is 0.652. The Morgan fingerprint density at radius 2 is 1.76 bits per heavy atom. The Morgan fingerprint density at radius 3 is 2.41 bits per heavy atom. The third kappa shape index (κ3) is 3.36. The number of epoxide rings is 1. The lowest BCUT2D eigenvalue weighted by Crippen LogP contribution is -2.44. The zero-order valence-electron chi connectivity index (χ0n) is 16.8. The Bertz CT molecular complexity index is 786. The summed E-state index contributed by atoms with van der Waals surface area (Å²) in [6, 6.07) is 8.34. The number of aliphatic carboxylic acids is 1. The quantitative estimate of drug-likeness (QED) is 0.466. The van der Waals surface area contributed by atoms with Gasteiger partial charge in [-0.1, -0.05) is 30.7 Å². The number of hydrogen-bond donors (Lipinski definition) is 1. The molecule has 1 saturated carbocycles. The van der Waals surface area contributed by atoms with E-state index in [1.165, 1.54) is 0 Å². The third-order valence-electron chi connectivity index (χ3n) is 7.48. The van der Waals surface area contributed by atoms with Gasteiger partial charge in [-0.3, -0.25) is 14.5 Å². The van der Waals surface area contributed by atoms with E-state index >= 15 is 0 Å². The molecule has 1 aromatic rings. The molecule has 5 rings (SSSR count). The van der Waals surface area contributed by atoms with Crippen LogP contribution < -0.4 is 0 Å². The number of morpholine rings is 1. The summed E-state index contributed by atoms with van der Waals surface area (Å²) in [5.41, 5.74) is 1.59. The van der Waals surface area contributed by atoms with E-state index in [0.717, 1.165) is 50.5 Å². The topological polar surface area (TPSA) is 79.4 Å². The number of carbonyl (C=O) groups is 2. The lowest BCUT2D eigenvalue weighted by molar-refractivity contribution is -0.159. The number of piperidine rings is 1. The van der Waals surface area contributed by atoms with E-state index in [1.807, 2.05) is 18.2 Å². The van der Waals surface area contributed by atoms with Crippen LogP contribution in [0.1, 0.15) is 67.9 Å². The van der Waals surface area contributed by atoms with Crippen molar-refractivity contribution < 1.29 is 24.2 Å². The molecule has 1 aliphatic carbocycles. The fourth-order valence-electron chi connectivity index (χ4n) is 5.92. The number of ether oxygens (including phenoxy) is 2. The van der Waals surface area contributed by atoms with Crippen LogP contribution in [0.15, 0.2) is 24.3 Å². The lowest BCUT2D eigenvalue weighted by Gasteiger charge is -2.39. The summed E-state index contributed by atoms with van der Waals surface area (Å²) >= 11 is 0. The first-order valence-corrected chi connectivity index (χ1v) is 10.9. The van der Waals surface area contributed by atoms with E-state index in [1.54, 1.807) is 6.07 Å². The van der Waals surface area contributed by atoms with Gasteiger partial charge in [0.2, 0.25) is 0 Å². The van der Waals surface area contributed by atoms with Gasteiger partial charge in [0.25, 0.3) is 0 Å². The predicted molar refractivity (Wildman–Crippen MR) is 106 cm³/mol. The minimum Gasteiger partial charge on any atom is -0.480 e. The molecular formula is C23H29NO5. The molecule has 5 unspecified atom stereocenters. The molecule has 5 atom stereocenters. The van der Waals surface area contributed by atoms with E-state index in [2.05, 4.69) is 11.9 Å². The van der Waals surface area contributed by atoms with Crippen LogP contribution in [0.4, 0.5) is 0 Å². The van der Waals surface area contributed by atoms with Crippen LogP contribution in [0.3, 0.4) is 0 Å². The summed E-state index contributed by atoms with van der Waals surface area (Å²) < 4.78 is 11.5. The summed E-state index contributed by atoms with van der Waals surface area (Å²) in [5.74, 6) is -2.74. The molecule has 1 aromatic carbocycles. The molecule has 0 spiro atoms. The number of hydrogen-bond acceptors (Lipinski definition) is 5. The van der Waals surface area contributed by atoms with Crippen molar-refractivity contribution in [2.24, 2.45) is 0 Å². The highest BCUT2D eigenvalue weighted by Crippen LogP contribution is 2.52. The van der Waals surface area contributed by atoms with Crippen molar-refractivity contribution in [1.82, 2.24) is 4.90 Å². The van der Waals surface area contributed by atoms with Crippen LogP contribution in [0, 0.1) is 0 Å². The van der Waals surface area contributed by atoms with Gasteiger partial charge in [-0.05, 0) is 62.6 Å². The molecule has 0 amide bonds. The summed E-state index contributed by atoms with van der Waals surface area (Å²) in [7, 11) is 2.16. The van der Waals surface area contributed by atoms with Crippen LogP contribution in [0.25, 0.3) is 0 Å². The number of carboxylic acid groups (broad SMARTS) is 1. The number of carboxylic acids is 1. The van der Waals surface area contributed by atoms with Crippen molar-refractivity contribution in [2.75, 3.05) is 7.05 Å². The Hall–Kier alpha value is -1.92. The number of benzene rings is 1. The lowest BCUT2D eigenvalue weighted by atomic mass is 9.80. The molecule has 3 heterocycles. The van der Waals surface area contributed by atoms with Crippen molar-refractivity contribution in [2.45, 2.75) is 87.2 Å².